The van der Waals surface area contributed by atoms with Crippen LogP contribution in [0.4, 0.5) is 8.78 Å². The Morgan fingerprint density at radius 3 is 2.33 bits per heavy atom. The normalized spacial score (nSPS) is 18.2. The van der Waals surface area contributed by atoms with Gasteiger partial charge in [0.2, 0.25) is 0 Å². The highest BCUT2D eigenvalue weighted by molar-refractivity contribution is 5.18. The molecule has 0 bridgehead atoms. The monoisotopic (exact) mass is 253 g/mol. The lowest BCUT2D eigenvalue weighted by Gasteiger charge is -2.22. The van der Waals surface area contributed by atoms with E-state index >= 15 is 0 Å². The van der Waals surface area contributed by atoms with E-state index in [9.17, 15) is 8.78 Å². The molecule has 1 fully saturated rings. The summed E-state index contributed by atoms with van der Waals surface area (Å²) >= 11 is 0. The van der Waals surface area contributed by atoms with Gasteiger partial charge in [0.05, 0.1) is 0 Å². The first kappa shape index (κ1) is 13.5. The molecule has 1 nitrogen and oxygen atoms in total. The fraction of sp³-hybridized carbons (Fsp3) is 0.600. The maximum atomic E-state index is 13.1. The van der Waals surface area contributed by atoms with Crippen molar-refractivity contribution in [3.63, 3.8) is 0 Å². The van der Waals surface area contributed by atoms with Gasteiger partial charge in [-0.05, 0) is 56.3 Å². The number of aryl methyl sites for hydroxylation is 1. The molecule has 0 spiro atoms. The third-order valence-electron chi connectivity index (χ3n) is 4.01. The van der Waals surface area contributed by atoms with Crippen LogP contribution in [0, 0.1) is 17.6 Å². The van der Waals surface area contributed by atoms with Gasteiger partial charge in [-0.25, -0.2) is 8.78 Å². The second-order valence-electron chi connectivity index (χ2n) is 5.26. The molecule has 2 rings (SSSR count). The SMILES string of the molecule is CNC(CCc1cc(F)cc(F)c1)C1CCCC1. The Morgan fingerprint density at radius 2 is 1.78 bits per heavy atom. The van der Waals surface area contributed by atoms with Crippen LogP contribution in [0.5, 0.6) is 0 Å². The molecule has 0 radical (unpaired) electrons. The number of rotatable bonds is 5. The van der Waals surface area contributed by atoms with Crippen molar-refractivity contribution in [2.45, 2.75) is 44.6 Å². The highest BCUT2D eigenvalue weighted by atomic mass is 19.1. The van der Waals surface area contributed by atoms with Gasteiger partial charge in [0.15, 0.2) is 0 Å². The van der Waals surface area contributed by atoms with Gasteiger partial charge in [0.25, 0.3) is 0 Å². The zero-order valence-corrected chi connectivity index (χ0v) is 10.9. The number of halogens is 2. The Labute approximate surface area is 108 Å². The molecule has 18 heavy (non-hydrogen) atoms. The predicted octanol–water partition coefficient (Wildman–Crippen LogP) is 3.68. The van der Waals surface area contributed by atoms with E-state index in [-0.39, 0.29) is 0 Å². The van der Waals surface area contributed by atoms with Gasteiger partial charge in [0, 0.05) is 12.1 Å². The molecule has 0 amide bonds. The molecule has 0 heterocycles. The predicted molar refractivity (Wildman–Crippen MR) is 69.5 cm³/mol. The molecule has 1 atom stereocenters. The summed E-state index contributed by atoms with van der Waals surface area (Å²) in [5.74, 6) is -0.229. The van der Waals surface area contributed by atoms with Gasteiger partial charge in [-0.3, -0.25) is 0 Å². The van der Waals surface area contributed by atoms with Gasteiger partial charge in [-0.1, -0.05) is 12.8 Å². The van der Waals surface area contributed by atoms with Gasteiger partial charge in [-0.15, -0.1) is 0 Å². The average molecular weight is 253 g/mol. The Morgan fingerprint density at radius 1 is 1.17 bits per heavy atom. The summed E-state index contributed by atoms with van der Waals surface area (Å²) in [7, 11) is 1.98. The summed E-state index contributed by atoms with van der Waals surface area (Å²) in [6.45, 7) is 0. The third-order valence-corrected chi connectivity index (χ3v) is 4.01. The van der Waals surface area contributed by atoms with E-state index in [1.54, 1.807) is 0 Å². The lowest BCUT2D eigenvalue weighted by molar-refractivity contribution is 0.359. The van der Waals surface area contributed by atoms with E-state index in [1.807, 2.05) is 7.05 Å². The molecule has 0 aliphatic heterocycles. The molecule has 1 aliphatic carbocycles. The summed E-state index contributed by atoms with van der Waals surface area (Å²) in [5, 5.41) is 3.36. The van der Waals surface area contributed by atoms with Gasteiger partial charge >= 0.3 is 0 Å². The van der Waals surface area contributed by atoms with Crippen LogP contribution in [0.1, 0.15) is 37.7 Å². The number of hydrogen-bond donors (Lipinski definition) is 1. The highest BCUT2D eigenvalue weighted by Gasteiger charge is 2.23. The van der Waals surface area contributed by atoms with Crippen LogP contribution < -0.4 is 5.32 Å². The van der Waals surface area contributed by atoms with Crippen molar-refractivity contribution in [1.29, 1.82) is 0 Å². The summed E-state index contributed by atoms with van der Waals surface area (Å²) in [4.78, 5) is 0. The Balaban J connectivity index is 1.92. The Bertz CT molecular complexity index is 366. The van der Waals surface area contributed by atoms with Gasteiger partial charge in [-0.2, -0.15) is 0 Å². The molecule has 0 saturated heterocycles. The molecule has 1 unspecified atom stereocenters. The van der Waals surface area contributed by atoms with Crippen LogP contribution in [0.3, 0.4) is 0 Å². The second kappa shape index (κ2) is 6.28. The minimum absolute atomic E-state index is 0.471. The molecule has 1 aromatic rings. The zero-order chi connectivity index (χ0) is 13.0. The Hall–Kier alpha value is -0.960. The quantitative estimate of drug-likeness (QED) is 0.844. The molecule has 100 valence electrons. The van der Waals surface area contributed by atoms with Crippen LogP contribution in [0.25, 0.3) is 0 Å². The summed E-state index contributed by atoms with van der Waals surface area (Å²) in [6.07, 6.45) is 6.88. The van der Waals surface area contributed by atoms with Crippen molar-refractivity contribution in [2.75, 3.05) is 7.05 Å². The van der Waals surface area contributed by atoms with Crippen molar-refractivity contribution in [1.82, 2.24) is 5.32 Å². The molecule has 1 N–H and O–H groups in total. The fourth-order valence-corrected chi connectivity index (χ4v) is 3.05. The molecule has 1 aromatic carbocycles. The van der Waals surface area contributed by atoms with Crippen LogP contribution in [0.2, 0.25) is 0 Å². The van der Waals surface area contributed by atoms with Gasteiger partial charge in [0.1, 0.15) is 11.6 Å². The lowest BCUT2D eigenvalue weighted by Crippen LogP contribution is -2.32. The van der Waals surface area contributed by atoms with E-state index in [4.69, 9.17) is 0 Å². The number of benzene rings is 1. The van der Waals surface area contributed by atoms with Gasteiger partial charge < -0.3 is 5.32 Å². The van der Waals surface area contributed by atoms with Crippen LogP contribution in [-0.2, 0) is 6.42 Å². The van der Waals surface area contributed by atoms with E-state index in [0.29, 0.717) is 6.04 Å². The molecule has 1 saturated carbocycles. The van der Waals surface area contributed by atoms with E-state index in [2.05, 4.69) is 5.32 Å². The number of hydrogen-bond acceptors (Lipinski definition) is 1. The van der Waals surface area contributed by atoms with Crippen molar-refractivity contribution < 1.29 is 8.78 Å². The first-order valence-corrected chi connectivity index (χ1v) is 6.81. The second-order valence-corrected chi connectivity index (χ2v) is 5.26. The lowest BCUT2D eigenvalue weighted by atomic mass is 9.92. The molecular formula is C15H21F2N. The van der Waals surface area contributed by atoms with E-state index < -0.39 is 11.6 Å². The fourth-order valence-electron chi connectivity index (χ4n) is 3.05. The maximum absolute atomic E-state index is 13.1. The topological polar surface area (TPSA) is 12.0 Å². The molecule has 1 aliphatic rings. The highest BCUT2D eigenvalue weighted by Crippen LogP contribution is 2.29. The van der Waals surface area contributed by atoms with Crippen molar-refractivity contribution in [3.8, 4) is 0 Å². The maximum Gasteiger partial charge on any atom is 0.126 e. The molecular weight excluding hydrogens is 232 g/mol. The first-order valence-electron chi connectivity index (χ1n) is 6.81. The summed E-state index contributed by atoms with van der Waals surface area (Å²) in [6, 6.07) is 4.27. The smallest absolute Gasteiger partial charge is 0.126 e. The van der Waals surface area contributed by atoms with Crippen LogP contribution in [-0.4, -0.2) is 13.1 Å². The molecule has 3 heteroatoms. The van der Waals surface area contributed by atoms with Crippen molar-refractivity contribution >= 4 is 0 Å². The number of nitrogens with one attached hydrogen (secondary N) is 1. The van der Waals surface area contributed by atoms with Crippen molar-refractivity contribution in [3.05, 3.63) is 35.4 Å². The van der Waals surface area contributed by atoms with Crippen LogP contribution in [0.15, 0.2) is 18.2 Å². The molecule has 0 aromatic heterocycles. The van der Waals surface area contributed by atoms with Crippen molar-refractivity contribution in [2.24, 2.45) is 5.92 Å². The standard InChI is InChI=1S/C15H21F2N/c1-18-15(12-4-2-3-5-12)7-6-11-8-13(16)10-14(17)9-11/h8-10,12,15,18H,2-7H2,1H3. The van der Waals surface area contributed by atoms with Crippen LogP contribution >= 0.6 is 0 Å². The van der Waals surface area contributed by atoms with E-state index in [0.717, 1.165) is 30.4 Å². The zero-order valence-electron chi connectivity index (χ0n) is 10.9. The minimum Gasteiger partial charge on any atom is -0.317 e. The average Bonchev–Trinajstić information content (AvgIpc) is 2.82. The summed E-state index contributed by atoms with van der Waals surface area (Å²) < 4.78 is 26.2. The minimum atomic E-state index is -0.480. The van der Waals surface area contributed by atoms with E-state index in [1.165, 1.54) is 37.8 Å². The summed E-state index contributed by atoms with van der Waals surface area (Å²) in [5.41, 5.74) is 0.755. The largest absolute Gasteiger partial charge is 0.317 e. The Kier molecular flexibility index (Phi) is 4.70. The first-order chi connectivity index (χ1) is 8.69. The third kappa shape index (κ3) is 3.52.